The molecule has 0 saturated carbocycles. The van der Waals surface area contributed by atoms with Gasteiger partial charge in [-0.15, -0.1) is 0 Å². The fourth-order valence-electron chi connectivity index (χ4n) is 3.66. The highest BCUT2D eigenvalue weighted by atomic mass is 16.1. The second kappa shape index (κ2) is 9.49. The zero-order chi connectivity index (χ0) is 21.6. The number of hydrogen-bond donors (Lipinski definition) is 2. The molecule has 3 aromatic carbocycles. The molecule has 0 unspecified atom stereocenters. The van der Waals surface area contributed by atoms with Gasteiger partial charge in [0.25, 0.3) is 5.91 Å². The maximum absolute atomic E-state index is 12.6. The Balaban J connectivity index is 1.45. The molecule has 31 heavy (non-hydrogen) atoms. The minimum atomic E-state index is -0.125. The maximum Gasteiger partial charge on any atom is 0.255 e. The molecule has 0 bridgehead atoms. The number of nitrogens with one attached hydrogen (secondary N) is 2. The Hall–Kier alpha value is -3.57. The summed E-state index contributed by atoms with van der Waals surface area (Å²) < 4.78 is 2.30. The third-order valence-electron chi connectivity index (χ3n) is 5.22. The van der Waals surface area contributed by atoms with Gasteiger partial charge < -0.3 is 20.1 Å². The molecule has 0 aliphatic heterocycles. The lowest BCUT2D eigenvalue weighted by Crippen LogP contribution is -2.14. The van der Waals surface area contributed by atoms with Crippen LogP contribution in [0.25, 0.3) is 10.9 Å². The summed E-state index contributed by atoms with van der Waals surface area (Å²) in [7, 11) is 4.21. The number of anilines is 3. The first kappa shape index (κ1) is 20.7. The molecule has 0 spiro atoms. The third kappa shape index (κ3) is 5.32. The van der Waals surface area contributed by atoms with E-state index in [0.717, 1.165) is 36.6 Å². The highest BCUT2D eigenvalue weighted by Gasteiger charge is 2.08. The molecule has 5 heteroatoms. The Morgan fingerprint density at radius 2 is 1.65 bits per heavy atom. The van der Waals surface area contributed by atoms with E-state index in [2.05, 4.69) is 64.7 Å². The molecule has 0 radical (unpaired) electrons. The van der Waals surface area contributed by atoms with Gasteiger partial charge in [0.15, 0.2) is 0 Å². The molecule has 0 fully saturated rings. The van der Waals surface area contributed by atoms with Crippen LogP contribution in [0.2, 0.25) is 0 Å². The van der Waals surface area contributed by atoms with Crippen molar-refractivity contribution >= 4 is 33.9 Å². The topological polar surface area (TPSA) is 49.3 Å². The number of aryl methyl sites for hydroxylation is 1. The van der Waals surface area contributed by atoms with Gasteiger partial charge in [0.05, 0.1) is 0 Å². The monoisotopic (exact) mass is 412 g/mol. The lowest BCUT2D eigenvalue weighted by Gasteiger charge is -2.11. The summed E-state index contributed by atoms with van der Waals surface area (Å²) in [5.41, 5.74) is 4.51. The van der Waals surface area contributed by atoms with Crippen LogP contribution in [0, 0.1) is 0 Å². The van der Waals surface area contributed by atoms with E-state index < -0.39 is 0 Å². The van der Waals surface area contributed by atoms with Crippen LogP contribution in [0.5, 0.6) is 0 Å². The van der Waals surface area contributed by atoms with E-state index in [1.807, 2.05) is 54.6 Å². The lowest BCUT2D eigenvalue weighted by molar-refractivity contribution is 0.102. The van der Waals surface area contributed by atoms with Crippen LogP contribution in [0.3, 0.4) is 0 Å². The Morgan fingerprint density at radius 3 is 2.45 bits per heavy atom. The number of carbonyl (C=O) groups excluding carboxylic acids is 1. The summed E-state index contributed by atoms with van der Waals surface area (Å²) in [6, 6.07) is 25.6. The maximum atomic E-state index is 12.6. The van der Waals surface area contributed by atoms with Crippen molar-refractivity contribution in [3.05, 3.63) is 90.6 Å². The SMILES string of the molecule is CN(C)CCCn1ccc2cc(Nc3cccc(C(=O)Nc4ccccc4)c3)ccc21. The molecular weight excluding hydrogens is 384 g/mol. The molecule has 1 aromatic heterocycles. The fraction of sp³-hybridized carbons (Fsp3) is 0.192. The van der Waals surface area contributed by atoms with E-state index in [1.165, 1.54) is 10.9 Å². The van der Waals surface area contributed by atoms with Gasteiger partial charge in [-0.05, 0) is 81.7 Å². The van der Waals surface area contributed by atoms with Crippen LogP contribution in [0.1, 0.15) is 16.8 Å². The predicted molar refractivity (Wildman–Crippen MR) is 129 cm³/mol. The number of benzene rings is 3. The second-order valence-corrected chi connectivity index (χ2v) is 7.97. The molecule has 4 rings (SSSR count). The van der Waals surface area contributed by atoms with Crippen molar-refractivity contribution < 1.29 is 4.79 Å². The van der Waals surface area contributed by atoms with Crippen LogP contribution in [0.4, 0.5) is 17.1 Å². The van der Waals surface area contributed by atoms with E-state index in [9.17, 15) is 4.79 Å². The van der Waals surface area contributed by atoms with Crippen molar-refractivity contribution in [3.8, 4) is 0 Å². The van der Waals surface area contributed by atoms with E-state index in [4.69, 9.17) is 0 Å². The molecule has 0 aliphatic rings. The van der Waals surface area contributed by atoms with Crippen molar-refractivity contribution in [3.63, 3.8) is 0 Å². The molecule has 158 valence electrons. The van der Waals surface area contributed by atoms with Crippen molar-refractivity contribution in [2.75, 3.05) is 31.3 Å². The Kier molecular flexibility index (Phi) is 6.34. The predicted octanol–water partition coefficient (Wildman–Crippen LogP) is 5.59. The first-order chi connectivity index (χ1) is 15.1. The molecule has 1 amide bonds. The summed E-state index contributed by atoms with van der Waals surface area (Å²) in [6.07, 6.45) is 3.27. The zero-order valence-electron chi connectivity index (χ0n) is 18.0. The molecule has 0 saturated heterocycles. The van der Waals surface area contributed by atoms with Crippen LogP contribution in [-0.4, -0.2) is 36.0 Å². The Labute approximate surface area is 183 Å². The van der Waals surface area contributed by atoms with Gasteiger partial charge in [0.1, 0.15) is 0 Å². The van der Waals surface area contributed by atoms with Gasteiger partial charge in [0.2, 0.25) is 0 Å². The van der Waals surface area contributed by atoms with E-state index in [0.29, 0.717) is 5.56 Å². The van der Waals surface area contributed by atoms with Crippen molar-refractivity contribution in [2.45, 2.75) is 13.0 Å². The van der Waals surface area contributed by atoms with Crippen molar-refractivity contribution in [2.24, 2.45) is 0 Å². The summed E-state index contributed by atoms with van der Waals surface area (Å²) in [6.45, 7) is 2.08. The quantitative estimate of drug-likeness (QED) is 0.397. The van der Waals surface area contributed by atoms with Crippen molar-refractivity contribution in [1.82, 2.24) is 9.47 Å². The van der Waals surface area contributed by atoms with Crippen LogP contribution in [0.15, 0.2) is 85.1 Å². The molecule has 4 aromatic rings. The average molecular weight is 413 g/mol. The van der Waals surface area contributed by atoms with E-state index in [-0.39, 0.29) is 5.91 Å². The number of amides is 1. The van der Waals surface area contributed by atoms with Crippen LogP contribution in [-0.2, 0) is 6.54 Å². The standard InChI is InChI=1S/C26H28N4O/c1-29(2)15-7-16-30-17-14-20-18-24(12-13-25(20)30)27-23-11-6-8-21(19-23)26(31)28-22-9-4-3-5-10-22/h3-6,8-14,17-19,27H,7,15-16H2,1-2H3,(H,28,31). The first-order valence-electron chi connectivity index (χ1n) is 10.6. The largest absolute Gasteiger partial charge is 0.355 e. The summed E-state index contributed by atoms with van der Waals surface area (Å²) >= 11 is 0. The van der Waals surface area contributed by atoms with Crippen LogP contribution >= 0.6 is 0 Å². The number of hydrogen-bond acceptors (Lipinski definition) is 3. The number of rotatable bonds is 8. The minimum Gasteiger partial charge on any atom is -0.355 e. The number of aromatic nitrogens is 1. The lowest BCUT2D eigenvalue weighted by atomic mass is 10.1. The van der Waals surface area contributed by atoms with Crippen molar-refractivity contribution in [1.29, 1.82) is 0 Å². The van der Waals surface area contributed by atoms with Gasteiger partial charge >= 0.3 is 0 Å². The summed E-state index contributed by atoms with van der Waals surface area (Å²) in [5.74, 6) is -0.125. The van der Waals surface area contributed by atoms with Gasteiger partial charge in [-0.3, -0.25) is 4.79 Å². The summed E-state index contributed by atoms with van der Waals surface area (Å²) in [5, 5.41) is 7.56. The Bertz CT molecular complexity index is 1160. The highest BCUT2D eigenvalue weighted by molar-refractivity contribution is 6.04. The Morgan fingerprint density at radius 1 is 0.871 bits per heavy atom. The number of carbonyl (C=O) groups is 1. The highest BCUT2D eigenvalue weighted by Crippen LogP contribution is 2.24. The number of nitrogens with zero attached hydrogens (tertiary/aromatic N) is 2. The van der Waals surface area contributed by atoms with Gasteiger partial charge in [-0.25, -0.2) is 0 Å². The molecule has 1 heterocycles. The smallest absolute Gasteiger partial charge is 0.255 e. The molecule has 0 atom stereocenters. The average Bonchev–Trinajstić information content (AvgIpc) is 3.16. The van der Waals surface area contributed by atoms with Crippen LogP contribution < -0.4 is 10.6 Å². The molecular formula is C26H28N4O. The number of para-hydroxylation sites is 1. The van der Waals surface area contributed by atoms with Gasteiger partial charge in [-0.2, -0.15) is 0 Å². The number of fused-ring (bicyclic) bond motifs is 1. The van der Waals surface area contributed by atoms with E-state index >= 15 is 0 Å². The van der Waals surface area contributed by atoms with Gasteiger partial charge in [-0.1, -0.05) is 24.3 Å². The normalized spacial score (nSPS) is 11.1. The zero-order valence-corrected chi connectivity index (χ0v) is 18.0. The summed E-state index contributed by atoms with van der Waals surface area (Å²) in [4.78, 5) is 14.8. The third-order valence-corrected chi connectivity index (χ3v) is 5.22. The van der Waals surface area contributed by atoms with Gasteiger partial charge in [0, 0.05) is 46.3 Å². The molecule has 0 aliphatic carbocycles. The fourth-order valence-corrected chi connectivity index (χ4v) is 3.66. The molecule has 2 N–H and O–H groups in total. The van der Waals surface area contributed by atoms with E-state index in [1.54, 1.807) is 0 Å². The second-order valence-electron chi connectivity index (χ2n) is 7.97. The molecule has 5 nitrogen and oxygen atoms in total. The minimum absolute atomic E-state index is 0.125. The first-order valence-corrected chi connectivity index (χ1v) is 10.6.